The minimum Gasteiger partial charge on any atom is -0.364 e. The molecule has 2 heterocycles. The number of aromatic nitrogens is 2. The highest BCUT2D eigenvalue weighted by molar-refractivity contribution is 5.85. The molecule has 4 rings (SSSR count). The van der Waals surface area contributed by atoms with Gasteiger partial charge in [-0.3, -0.25) is 0 Å². The lowest BCUT2D eigenvalue weighted by Crippen LogP contribution is -2.37. The van der Waals surface area contributed by atoms with E-state index >= 15 is 0 Å². The maximum atomic E-state index is 5.81. The molecule has 0 radical (unpaired) electrons. The Morgan fingerprint density at radius 1 is 1.04 bits per heavy atom. The number of para-hydroxylation sites is 2. The number of hydrogen-bond acceptors (Lipinski definition) is 5. The van der Waals surface area contributed by atoms with E-state index in [0.29, 0.717) is 12.0 Å². The minimum absolute atomic E-state index is 0. The molecule has 2 aromatic rings. The molecule has 1 aliphatic heterocycles. The van der Waals surface area contributed by atoms with Crippen LogP contribution in [0.15, 0.2) is 24.3 Å². The van der Waals surface area contributed by atoms with Crippen molar-refractivity contribution < 1.29 is 0 Å². The molecule has 23 heavy (non-hydrogen) atoms. The van der Waals surface area contributed by atoms with Crippen molar-refractivity contribution in [1.82, 2.24) is 9.97 Å². The fourth-order valence-corrected chi connectivity index (χ4v) is 3.11. The van der Waals surface area contributed by atoms with E-state index in [1.54, 1.807) is 0 Å². The van der Waals surface area contributed by atoms with Crippen LogP contribution in [0.5, 0.6) is 0 Å². The van der Waals surface area contributed by atoms with Gasteiger partial charge >= 0.3 is 0 Å². The molecular weight excluding hydrogens is 310 g/mol. The van der Waals surface area contributed by atoms with E-state index in [9.17, 15) is 0 Å². The fraction of sp³-hybridized carbons (Fsp3) is 0.529. The Hall–Kier alpha value is -1.59. The predicted molar refractivity (Wildman–Crippen MR) is 97.4 cm³/mol. The summed E-state index contributed by atoms with van der Waals surface area (Å²) >= 11 is 0. The Morgan fingerprint density at radius 2 is 1.70 bits per heavy atom. The van der Waals surface area contributed by atoms with Crippen LogP contribution < -0.4 is 16.0 Å². The van der Waals surface area contributed by atoms with Crippen LogP contribution in [0.4, 0.5) is 11.6 Å². The standard InChI is InChI=1S/C17H23N5.ClH/c18-11-12-7-9-22(10-8-12)17-16(19-13-5-6-13)20-14-3-1-2-4-15(14)21-17;/h1-4,12-13H,5-11,18H2,(H,19,20);1H. The van der Waals surface area contributed by atoms with Gasteiger partial charge in [0.1, 0.15) is 0 Å². The quantitative estimate of drug-likeness (QED) is 0.900. The summed E-state index contributed by atoms with van der Waals surface area (Å²) in [6.45, 7) is 2.84. The second-order valence-corrected chi connectivity index (χ2v) is 6.47. The topological polar surface area (TPSA) is 67.1 Å². The van der Waals surface area contributed by atoms with Gasteiger partial charge < -0.3 is 16.0 Å². The summed E-state index contributed by atoms with van der Waals surface area (Å²) < 4.78 is 0. The Kier molecular flexibility index (Phi) is 4.87. The monoisotopic (exact) mass is 333 g/mol. The summed E-state index contributed by atoms with van der Waals surface area (Å²) in [4.78, 5) is 12.1. The molecule has 1 aliphatic carbocycles. The molecule has 6 heteroatoms. The van der Waals surface area contributed by atoms with Gasteiger partial charge in [-0.05, 0) is 50.3 Å². The third-order valence-corrected chi connectivity index (χ3v) is 4.72. The zero-order chi connectivity index (χ0) is 14.9. The molecule has 0 bridgehead atoms. The summed E-state index contributed by atoms with van der Waals surface area (Å²) in [5, 5.41) is 3.56. The first-order chi connectivity index (χ1) is 10.8. The number of fused-ring (bicyclic) bond motifs is 1. The average molecular weight is 334 g/mol. The van der Waals surface area contributed by atoms with Gasteiger partial charge in [-0.2, -0.15) is 0 Å². The Morgan fingerprint density at radius 3 is 2.30 bits per heavy atom. The van der Waals surface area contributed by atoms with E-state index in [-0.39, 0.29) is 12.4 Å². The largest absolute Gasteiger partial charge is 0.364 e. The molecule has 0 amide bonds. The molecule has 5 nitrogen and oxygen atoms in total. The van der Waals surface area contributed by atoms with E-state index in [2.05, 4.69) is 10.2 Å². The van der Waals surface area contributed by atoms with E-state index < -0.39 is 0 Å². The number of benzene rings is 1. The Balaban J connectivity index is 0.00000156. The number of rotatable bonds is 4. The molecule has 2 aliphatic rings. The summed E-state index contributed by atoms with van der Waals surface area (Å²) in [5.74, 6) is 2.62. The third-order valence-electron chi connectivity index (χ3n) is 4.72. The number of hydrogen-bond donors (Lipinski definition) is 2. The van der Waals surface area contributed by atoms with E-state index in [4.69, 9.17) is 15.7 Å². The fourth-order valence-electron chi connectivity index (χ4n) is 3.11. The van der Waals surface area contributed by atoms with Crippen molar-refractivity contribution in [2.75, 3.05) is 29.9 Å². The molecule has 3 N–H and O–H groups in total. The molecule has 1 aromatic heterocycles. The zero-order valence-corrected chi connectivity index (χ0v) is 14.1. The molecule has 124 valence electrons. The number of nitrogens with two attached hydrogens (primary N) is 1. The van der Waals surface area contributed by atoms with Crippen molar-refractivity contribution in [3.05, 3.63) is 24.3 Å². The highest BCUT2D eigenvalue weighted by Crippen LogP contribution is 2.32. The van der Waals surface area contributed by atoms with Crippen LogP contribution in [-0.2, 0) is 0 Å². The summed E-state index contributed by atoms with van der Waals surface area (Å²) in [6.07, 6.45) is 4.77. The first-order valence-corrected chi connectivity index (χ1v) is 8.32. The first kappa shape index (κ1) is 16.3. The number of halogens is 1. The average Bonchev–Trinajstić information content (AvgIpc) is 3.38. The van der Waals surface area contributed by atoms with Crippen molar-refractivity contribution in [3.63, 3.8) is 0 Å². The molecule has 2 fully saturated rings. The first-order valence-electron chi connectivity index (χ1n) is 8.32. The SMILES string of the molecule is Cl.NCC1CCN(c2nc3ccccc3nc2NC2CC2)CC1. The van der Waals surface area contributed by atoms with Crippen molar-refractivity contribution >= 4 is 35.1 Å². The van der Waals surface area contributed by atoms with Crippen LogP contribution in [0, 0.1) is 5.92 Å². The molecular formula is C17H24ClN5. The highest BCUT2D eigenvalue weighted by atomic mass is 35.5. The smallest absolute Gasteiger partial charge is 0.172 e. The van der Waals surface area contributed by atoms with Gasteiger partial charge in [0.25, 0.3) is 0 Å². The van der Waals surface area contributed by atoms with Gasteiger partial charge in [-0.1, -0.05) is 12.1 Å². The van der Waals surface area contributed by atoms with Crippen LogP contribution in [-0.4, -0.2) is 35.6 Å². The number of nitrogens with one attached hydrogen (secondary N) is 1. The molecule has 1 saturated heterocycles. The van der Waals surface area contributed by atoms with Crippen LogP contribution in [0.1, 0.15) is 25.7 Å². The molecule has 0 unspecified atom stereocenters. The van der Waals surface area contributed by atoms with Crippen molar-refractivity contribution in [3.8, 4) is 0 Å². The van der Waals surface area contributed by atoms with Gasteiger partial charge in [0.15, 0.2) is 11.6 Å². The summed E-state index contributed by atoms with van der Waals surface area (Å²) in [6, 6.07) is 8.69. The summed E-state index contributed by atoms with van der Waals surface area (Å²) in [5.41, 5.74) is 7.74. The summed E-state index contributed by atoms with van der Waals surface area (Å²) in [7, 11) is 0. The van der Waals surface area contributed by atoms with Crippen LogP contribution in [0.2, 0.25) is 0 Å². The molecule has 0 spiro atoms. The van der Waals surface area contributed by atoms with Crippen molar-refractivity contribution in [1.29, 1.82) is 0 Å². The highest BCUT2D eigenvalue weighted by Gasteiger charge is 2.26. The number of nitrogens with zero attached hydrogens (tertiary/aromatic N) is 3. The number of anilines is 2. The second kappa shape index (κ2) is 6.89. The third kappa shape index (κ3) is 3.51. The van der Waals surface area contributed by atoms with Gasteiger partial charge in [0.2, 0.25) is 0 Å². The van der Waals surface area contributed by atoms with Crippen LogP contribution >= 0.6 is 12.4 Å². The predicted octanol–water partition coefficient (Wildman–Crippen LogP) is 2.80. The van der Waals surface area contributed by atoms with Gasteiger partial charge in [-0.15, -0.1) is 12.4 Å². The maximum Gasteiger partial charge on any atom is 0.172 e. The van der Waals surface area contributed by atoms with Crippen LogP contribution in [0.3, 0.4) is 0 Å². The van der Waals surface area contributed by atoms with Crippen molar-refractivity contribution in [2.45, 2.75) is 31.7 Å². The second-order valence-electron chi connectivity index (χ2n) is 6.47. The number of piperidine rings is 1. The molecule has 1 aromatic carbocycles. The maximum absolute atomic E-state index is 5.81. The Bertz CT molecular complexity index is 665. The van der Waals surface area contributed by atoms with Gasteiger partial charge in [0, 0.05) is 19.1 Å². The lowest BCUT2D eigenvalue weighted by molar-refractivity contribution is 0.413. The lowest BCUT2D eigenvalue weighted by Gasteiger charge is -2.33. The van der Waals surface area contributed by atoms with E-state index in [1.807, 2.05) is 24.3 Å². The normalized spacial score (nSPS) is 18.7. The van der Waals surface area contributed by atoms with E-state index in [0.717, 1.165) is 55.1 Å². The van der Waals surface area contributed by atoms with Gasteiger partial charge in [-0.25, -0.2) is 9.97 Å². The molecule has 1 saturated carbocycles. The lowest BCUT2D eigenvalue weighted by atomic mass is 9.97. The molecule has 0 atom stereocenters. The van der Waals surface area contributed by atoms with Crippen molar-refractivity contribution in [2.24, 2.45) is 11.7 Å². The zero-order valence-electron chi connectivity index (χ0n) is 13.2. The van der Waals surface area contributed by atoms with Crippen LogP contribution in [0.25, 0.3) is 11.0 Å². The van der Waals surface area contributed by atoms with Gasteiger partial charge in [0.05, 0.1) is 11.0 Å². The Labute approximate surface area is 143 Å². The minimum atomic E-state index is 0. The van der Waals surface area contributed by atoms with E-state index in [1.165, 1.54) is 12.8 Å².